The van der Waals surface area contributed by atoms with Gasteiger partial charge in [0.2, 0.25) is 0 Å². The summed E-state index contributed by atoms with van der Waals surface area (Å²) in [7, 11) is 0. The Morgan fingerprint density at radius 1 is 0.897 bits per heavy atom. The van der Waals surface area contributed by atoms with E-state index in [1.807, 2.05) is 71.3 Å². The Balaban J connectivity index is 1.28. The van der Waals surface area contributed by atoms with Crippen LogP contribution in [0.15, 0.2) is 85.2 Å². The van der Waals surface area contributed by atoms with E-state index in [1.165, 1.54) is 0 Å². The van der Waals surface area contributed by atoms with Crippen molar-refractivity contribution in [2.24, 2.45) is 0 Å². The molecule has 1 aliphatic rings. The van der Waals surface area contributed by atoms with E-state index in [0.717, 1.165) is 29.9 Å². The molecule has 0 aliphatic carbocycles. The van der Waals surface area contributed by atoms with Crippen LogP contribution in [0, 0.1) is 0 Å². The van der Waals surface area contributed by atoms with Gasteiger partial charge in [-0.3, -0.25) is 4.57 Å². The summed E-state index contributed by atoms with van der Waals surface area (Å²) in [6.07, 6.45) is 2.59. The summed E-state index contributed by atoms with van der Waals surface area (Å²) in [5.74, 6) is 1.92. The number of anilines is 1. The van der Waals surface area contributed by atoms with Crippen LogP contribution in [0.25, 0.3) is 28.2 Å². The lowest BCUT2D eigenvalue weighted by Crippen LogP contribution is -2.45. The first-order valence-electron chi connectivity index (χ1n) is 12.6. The van der Waals surface area contributed by atoms with Gasteiger partial charge in [0.1, 0.15) is 17.9 Å². The van der Waals surface area contributed by atoms with Crippen LogP contribution in [0.4, 0.5) is 10.6 Å². The average Bonchev–Trinajstić information content (AvgIpc) is 3.34. The number of rotatable bonds is 5. The third kappa shape index (κ3) is 5.26. The molecule has 0 bridgehead atoms. The van der Waals surface area contributed by atoms with Gasteiger partial charge in [-0.25, -0.2) is 19.7 Å². The van der Waals surface area contributed by atoms with Crippen molar-refractivity contribution >= 4 is 46.3 Å². The summed E-state index contributed by atoms with van der Waals surface area (Å²) in [4.78, 5) is 28.8. The number of piperidine rings is 1. The van der Waals surface area contributed by atoms with Crippen LogP contribution >= 0.6 is 23.2 Å². The van der Waals surface area contributed by atoms with Crippen LogP contribution in [0.3, 0.4) is 0 Å². The zero-order chi connectivity index (χ0) is 26.8. The monoisotopic (exact) mass is 558 g/mol. The number of nitrogens with zero attached hydrogens (tertiary/aromatic N) is 5. The van der Waals surface area contributed by atoms with Crippen molar-refractivity contribution in [3.63, 3.8) is 0 Å². The second-order valence-electron chi connectivity index (χ2n) is 9.20. The molecule has 10 heteroatoms. The Hall–Kier alpha value is -4.14. The lowest BCUT2D eigenvalue weighted by Gasteiger charge is -2.32. The molecule has 3 aromatic carbocycles. The Labute approximate surface area is 235 Å². The second-order valence-corrected chi connectivity index (χ2v) is 10.0. The highest BCUT2D eigenvalue weighted by Gasteiger charge is 2.26. The molecule has 0 saturated carbocycles. The van der Waals surface area contributed by atoms with Crippen LogP contribution < -0.4 is 15.0 Å². The number of carbonyl (C=O) groups is 1. The van der Waals surface area contributed by atoms with Crippen molar-refractivity contribution in [1.29, 1.82) is 0 Å². The Morgan fingerprint density at radius 2 is 1.62 bits per heavy atom. The summed E-state index contributed by atoms with van der Waals surface area (Å²) >= 11 is 12.8. The molecule has 0 atom stereocenters. The van der Waals surface area contributed by atoms with Gasteiger partial charge < -0.3 is 15.0 Å². The van der Waals surface area contributed by atoms with Gasteiger partial charge in [-0.2, -0.15) is 0 Å². The first-order chi connectivity index (χ1) is 19.1. The maximum atomic E-state index is 12.4. The van der Waals surface area contributed by atoms with E-state index in [1.54, 1.807) is 18.5 Å². The van der Waals surface area contributed by atoms with Crippen molar-refractivity contribution < 1.29 is 9.53 Å². The Bertz CT molecular complexity index is 1620. The van der Waals surface area contributed by atoms with Crippen LogP contribution in [0.2, 0.25) is 10.0 Å². The SMILES string of the molecule is O=C(NC1CCN(c2ncnc3c2nc(-c2ccccc2Cl)n3-c2ccc(Cl)cc2)CC1)Oc1ccccc1. The van der Waals surface area contributed by atoms with Crippen molar-refractivity contribution in [2.75, 3.05) is 18.0 Å². The largest absolute Gasteiger partial charge is 0.412 e. The van der Waals surface area contributed by atoms with Crippen LogP contribution in [0.5, 0.6) is 5.75 Å². The van der Waals surface area contributed by atoms with Gasteiger partial charge in [-0.05, 0) is 61.4 Å². The minimum atomic E-state index is -0.449. The van der Waals surface area contributed by atoms with Crippen molar-refractivity contribution in [2.45, 2.75) is 18.9 Å². The van der Waals surface area contributed by atoms with Gasteiger partial charge in [0.25, 0.3) is 0 Å². The number of benzene rings is 3. The highest BCUT2D eigenvalue weighted by Crippen LogP contribution is 2.35. The summed E-state index contributed by atoms with van der Waals surface area (Å²) in [5.41, 5.74) is 3.00. The van der Waals surface area contributed by atoms with E-state index in [0.29, 0.717) is 45.9 Å². The molecular formula is C29H24Cl2N6O2. The third-order valence-corrected chi connectivity index (χ3v) is 7.28. The number of ether oxygens (including phenoxy) is 1. The number of fused-ring (bicyclic) bond motifs is 1. The molecule has 8 nitrogen and oxygen atoms in total. The minimum absolute atomic E-state index is 0.0000938. The predicted molar refractivity (Wildman–Crippen MR) is 153 cm³/mol. The maximum Gasteiger partial charge on any atom is 0.412 e. The minimum Gasteiger partial charge on any atom is -0.410 e. The number of aromatic nitrogens is 4. The van der Waals surface area contributed by atoms with E-state index in [-0.39, 0.29) is 6.04 Å². The number of imidazole rings is 1. The zero-order valence-corrected chi connectivity index (χ0v) is 22.3. The number of nitrogens with one attached hydrogen (secondary N) is 1. The number of halogens is 2. The zero-order valence-electron chi connectivity index (χ0n) is 20.8. The lowest BCUT2D eigenvalue weighted by molar-refractivity contribution is 0.193. The normalized spacial score (nSPS) is 13.9. The summed E-state index contributed by atoms with van der Waals surface area (Å²) in [6.45, 7) is 1.38. The van der Waals surface area contributed by atoms with Gasteiger partial charge in [0.05, 0.1) is 5.02 Å². The molecular weight excluding hydrogens is 535 g/mol. The van der Waals surface area contributed by atoms with Crippen molar-refractivity contribution in [3.8, 4) is 22.8 Å². The fourth-order valence-corrected chi connectivity index (χ4v) is 5.14. The van der Waals surface area contributed by atoms with Crippen molar-refractivity contribution in [3.05, 3.63) is 95.2 Å². The predicted octanol–water partition coefficient (Wildman–Crippen LogP) is 6.55. The highest BCUT2D eigenvalue weighted by molar-refractivity contribution is 6.33. The van der Waals surface area contributed by atoms with Gasteiger partial charge in [0, 0.05) is 35.4 Å². The van der Waals surface area contributed by atoms with E-state index < -0.39 is 6.09 Å². The number of hydrogen-bond acceptors (Lipinski definition) is 6. The van der Waals surface area contributed by atoms with Gasteiger partial charge in [0.15, 0.2) is 17.0 Å². The molecule has 3 heterocycles. The molecule has 0 spiro atoms. The second kappa shape index (κ2) is 10.9. The quantitative estimate of drug-likeness (QED) is 0.263. The number of amides is 1. The van der Waals surface area contributed by atoms with Gasteiger partial charge in [-0.1, -0.05) is 53.5 Å². The molecule has 196 valence electrons. The molecule has 39 heavy (non-hydrogen) atoms. The lowest BCUT2D eigenvalue weighted by atomic mass is 10.1. The molecule has 2 aromatic heterocycles. The van der Waals surface area contributed by atoms with E-state index in [2.05, 4.69) is 20.2 Å². The topological polar surface area (TPSA) is 85.2 Å². The van der Waals surface area contributed by atoms with Gasteiger partial charge >= 0.3 is 6.09 Å². The first kappa shape index (κ1) is 25.2. The standard InChI is InChI=1S/C29H24Cl2N6O2/c30-19-10-12-21(13-11-19)37-26(23-8-4-5-9-24(23)31)35-25-27(32-18-33-28(25)37)36-16-14-20(15-17-36)34-29(38)39-22-6-2-1-3-7-22/h1-13,18,20H,14-17H2,(H,34,38). The fourth-order valence-electron chi connectivity index (χ4n) is 4.80. The Kier molecular flexibility index (Phi) is 7.04. The molecule has 1 amide bonds. The third-order valence-electron chi connectivity index (χ3n) is 6.69. The number of carbonyl (C=O) groups excluding carboxylic acids is 1. The van der Waals surface area contributed by atoms with Crippen LogP contribution in [0.1, 0.15) is 12.8 Å². The van der Waals surface area contributed by atoms with Crippen LogP contribution in [-0.2, 0) is 0 Å². The Morgan fingerprint density at radius 3 is 2.36 bits per heavy atom. The maximum absolute atomic E-state index is 12.4. The molecule has 5 aromatic rings. The molecule has 1 fully saturated rings. The molecule has 0 unspecified atom stereocenters. The number of para-hydroxylation sites is 1. The van der Waals surface area contributed by atoms with E-state index in [9.17, 15) is 4.79 Å². The van der Waals surface area contributed by atoms with E-state index >= 15 is 0 Å². The molecule has 1 aliphatic heterocycles. The average molecular weight is 559 g/mol. The molecule has 1 saturated heterocycles. The van der Waals surface area contributed by atoms with Crippen LogP contribution in [-0.4, -0.2) is 44.7 Å². The molecule has 6 rings (SSSR count). The van der Waals surface area contributed by atoms with E-state index in [4.69, 9.17) is 32.9 Å². The molecule has 1 N–H and O–H groups in total. The molecule has 0 radical (unpaired) electrons. The smallest absolute Gasteiger partial charge is 0.410 e. The summed E-state index contributed by atoms with van der Waals surface area (Å²) < 4.78 is 7.37. The fraction of sp³-hybridized carbons (Fsp3) is 0.172. The summed E-state index contributed by atoms with van der Waals surface area (Å²) in [5, 5.41) is 4.21. The first-order valence-corrected chi connectivity index (χ1v) is 13.3. The highest BCUT2D eigenvalue weighted by atomic mass is 35.5. The number of hydrogen-bond donors (Lipinski definition) is 1. The summed E-state index contributed by atoms with van der Waals surface area (Å²) in [6, 6.07) is 24.2. The van der Waals surface area contributed by atoms with Gasteiger partial charge in [-0.15, -0.1) is 0 Å². The van der Waals surface area contributed by atoms with Crippen molar-refractivity contribution in [1.82, 2.24) is 24.8 Å².